The van der Waals surface area contributed by atoms with Gasteiger partial charge in [0.25, 0.3) is 11.6 Å². The van der Waals surface area contributed by atoms with Gasteiger partial charge in [-0.25, -0.2) is 0 Å². The third kappa shape index (κ3) is 3.91. The lowest BCUT2D eigenvalue weighted by Crippen LogP contribution is -2.18. The minimum atomic E-state index is -0.495. The number of hydrogen-bond donors (Lipinski definition) is 1. The van der Waals surface area contributed by atoms with Crippen LogP contribution in [0.5, 0.6) is 0 Å². The van der Waals surface area contributed by atoms with Gasteiger partial charge >= 0.3 is 0 Å². The zero-order valence-electron chi connectivity index (χ0n) is 12.3. The lowest BCUT2D eigenvalue weighted by Gasteiger charge is -2.19. The Morgan fingerprint density at radius 3 is 2.57 bits per heavy atom. The van der Waals surface area contributed by atoms with Gasteiger partial charge in [-0.3, -0.25) is 14.9 Å². The van der Waals surface area contributed by atoms with E-state index in [9.17, 15) is 14.9 Å². The molecule has 0 fully saturated rings. The van der Waals surface area contributed by atoms with E-state index in [-0.39, 0.29) is 11.6 Å². The number of nitrogens with one attached hydrogen (secondary N) is 1. The zero-order chi connectivity index (χ0) is 17.1. The van der Waals surface area contributed by atoms with Crippen LogP contribution in [0.1, 0.15) is 10.4 Å². The highest BCUT2D eigenvalue weighted by Gasteiger charge is 2.17. The van der Waals surface area contributed by atoms with Gasteiger partial charge in [0.1, 0.15) is 0 Å². The predicted molar refractivity (Wildman–Crippen MR) is 99.5 cm³/mol. The van der Waals surface area contributed by atoms with E-state index < -0.39 is 4.92 Å². The molecule has 2 aromatic rings. The first-order valence-corrected chi connectivity index (χ1v) is 7.98. The van der Waals surface area contributed by atoms with Crippen molar-refractivity contribution in [2.75, 3.05) is 24.3 Å². The number of amides is 1. The van der Waals surface area contributed by atoms with Crippen LogP contribution in [0, 0.1) is 13.7 Å². The standard InChI is InChI=1S/C15H13ClIN3O3/c1-19(2)14-11(16)4-3-5-13(14)18-15(21)10-7-6-9(20(22)23)8-12(10)17/h3-8H,1-2H3,(H,18,21). The van der Waals surface area contributed by atoms with Crippen LogP contribution in [0.15, 0.2) is 36.4 Å². The molecule has 0 saturated carbocycles. The van der Waals surface area contributed by atoms with Crippen molar-refractivity contribution in [2.24, 2.45) is 0 Å². The summed E-state index contributed by atoms with van der Waals surface area (Å²) >= 11 is 8.08. The molecule has 0 bridgehead atoms. The van der Waals surface area contributed by atoms with E-state index in [2.05, 4.69) is 5.32 Å². The molecule has 0 aliphatic carbocycles. The van der Waals surface area contributed by atoms with Crippen LogP contribution in [0.4, 0.5) is 17.1 Å². The number of anilines is 2. The van der Waals surface area contributed by atoms with Crippen LogP contribution in [0.2, 0.25) is 5.02 Å². The minimum absolute atomic E-state index is 0.0531. The average molecular weight is 446 g/mol. The SMILES string of the molecule is CN(C)c1c(Cl)cccc1NC(=O)c1ccc([N+](=O)[O-])cc1I. The number of para-hydroxylation sites is 1. The quantitative estimate of drug-likeness (QED) is 0.435. The second-order valence-electron chi connectivity index (χ2n) is 4.91. The molecule has 0 aromatic heterocycles. The number of nitrogens with zero attached hydrogens (tertiary/aromatic N) is 2. The maximum Gasteiger partial charge on any atom is 0.270 e. The van der Waals surface area contributed by atoms with Gasteiger partial charge in [0.05, 0.1) is 26.9 Å². The Morgan fingerprint density at radius 1 is 1.30 bits per heavy atom. The number of nitro groups is 1. The molecule has 0 spiro atoms. The van der Waals surface area contributed by atoms with Gasteiger partial charge in [0.2, 0.25) is 0 Å². The normalized spacial score (nSPS) is 10.3. The first-order chi connectivity index (χ1) is 10.8. The van der Waals surface area contributed by atoms with Gasteiger partial charge in [0, 0.05) is 29.8 Å². The van der Waals surface area contributed by atoms with Gasteiger partial charge in [-0.1, -0.05) is 17.7 Å². The Hall–Kier alpha value is -1.87. The van der Waals surface area contributed by atoms with Crippen LogP contribution in [0.3, 0.4) is 0 Å². The summed E-state index contributed by atoms with van der Waals surface area (Å²) in [5.74, 6) is -0.352. The fourth-order valence-corrected chi connectivity index (χ4v) is 3.15. The number of non-ortho nitro benzene ring substituents is 1. The molecular weight excluding hydrogens is 433 g/mol. The lowest BCUT2D eigenvalue weighted by atomic mass is 10.2. The largest absolute Gasteiger partial charge is 0.375 e. The summed E-state index contributed by atoms with van der Waals surface area (Å²) in [5.41, 5.74) is 1.57. The summed E-state index contributed by atoms with van der Waals surface area (Å²) in [6.07, 6.45) is 0. The lowest BCUT2D eigenvalue weighted by molar-refractivity contribution is -0.384. The van der Waals surface area contributed by atoms with Crippen molar-refractivity contribution in [3.8, 4) is 0 Å². The van der Waals surface area contributed by atoms with E-state index in [0.717, 1.165) is 0 Å². The van der Waals surface area contributed by atoms with E-state index >= 15 is 0 Å². The summed E-state index contributed by atoms with van der Waals surface area (Å²) in [6.45, 7) is 0. The molecule has 8 heteroatoms. The molecule has 1 amide bonds. The molecule has 6 nitrogen and oxygen atoms in total. The van der Waals surface area contributed by atoms with Crippen molar-refractivity contribution < 1.29 is 9.72 Å². The molecule has 0 heterocycles. The highest BCUT2D eigenvalue weighted by Crippen LogP contribution is 2.33. The van der Waals surface area contributed by atoms with Crippen LogP contribution in [0.25, 0.3) is 0 Å². The number of rotatable bonds is 4. The fraction of sp³-hybridized carbons (Fsp3) is 0.133. The third-order valence-corrected chi connectivity index (χ3v) is 4.29. The molecule has 1 N–H and O–H groups in total. The Kier molecular flexibility index (Phi) is 5.42. The number of carbonyl (C=O) groups is 1. The van der Waals surface area contributed by atoms with Crippen molar-refractivity contribution in [3.05, 3.63) is 60.7 Å². The van der Waals surface area contributed by atoms with Gasteiger partial charge in [-0.15, -0.1) is 0 Å². The molecule has 23 heavy (non-hydrogen) atoms. The molecule has 0 saturated heterocycles. The molecule has 0 unspecified atom stereocenters. The minimum Gasteiger partial charge on any atom is -0.375 e. The van der Waals surface area contributed by atoms with E-state index in [1.54, 1.807) is 23.1 Å². The summed E-state index contributed by atoms with van der Waals surface area (Å²) < 4.78 is 0.503. The van der Waals surface area contributed by atoms with E-state index in [1.165, 1.54) is 18.2 Å². The molecule has 0 atom stereocenters. The van der Waals surface area contributed by atoms with Crippen LogP contribution in [-0.2, 0) is 0 Å². The second-order valence-corrected chi connectivity index (χ2v) is 6.48. The summed E-state index contributed by atoms with van der Waals surface area (Å²) in [4.78, 5) is 24.5. The Balaban J connectivity index is 2.34. The first kappa shape index (κ1) is 17.5. The Labute approximate surface area is 151 Å². The van der Waals surface area contributed by atoms with Crippen molar-refractivity contribution in [1.29, 1.82) is 0 Å². The molecule has 0 radical (unpaired) electrons. The zero-order valence-corrected chi connectivity index (χ0v) is 15.3. The third-order valence-electron chi connectivity index (χ3n) is 3.09. The topological polar surface area (TPSA) is 75.5 Å². The Bertz CT molecular complexity index is 781. The van der Waals surface area contributed by atoms with Crippen molar-refractivity contribution >= 4 is 57.2 Å². The molecular formula is C15H13ClIN3O3. The summed E-state index contributed by atoms with van der Waals surface area (Å²) in [6, 6.07) is 9.34. The smallest absolute Gasteiger partial charge is 0.270 e. The number of hydrogen-bond acceptors (Lipinski definition) is 4. The average Bonchev–Trinajstić information content (AvgIpc) is 2.46. The highest BCUT2D eigenvalue weighted by molar-refractivity contribution is 14.1. The van der Waals surface area contributed by atoms with Crippen molar-refractivity contribution in [2.45, 2.75) is 0 Å². The van der Waals surface area contributed by atoms with E-state index in [1.807, 2.05) is 36.7 Å². The van der Waals surface area contributed by atoms with Gasteiger partial charge in [-0.05, 0) is 40.8 Å². The molecule has 0 aliphatic heterocycles. The highest BCUT2D eigenvalue weighted by atomic mass is 127. The monoisotopic (exact) mass is 445 g/mol. The van der Waals surface area contributed by atoms with Crippen molar-refractivity contribution in [3.63, 3.8) is 0 Å². The molecule has 2 rings (SSSR count). The van der Waals surface area contributed by atoms with Gasteiger partial charge < -0.3 is 10.2 Å². The van der Waals surface area contributed by atoms with Gasteiger partial charge in [0.15, 0.2) is 0 Å². The summed E-state index contributed by atoms with van der Waals surface area (Å²) in [5, 5.41) is 14.1. The number of carbonyl (C=O) groups excluding carboxylic acids is 1. The number of nitro benzene ring substituents is 1. The maximum atomic E-state index is 12.5. The predicted octanol–water partition coefficient (Wildman–Crippen LogP) is 4.17. The Morgan fingerprint density at radius 2 is 2.00 bits per heavy atom. The van der Waals surface area contributed by atoms with Crippen molar-refractivity contribution in [1.82, 2.24) is 0 Å². The van der Waals surface area contributed by atoms with Crippen LogP contribution >= 0.6 is 34.2 Å². The fourth-order valence-electron chi connectivity index (χ4n) is 2.06. The summed E-state index contributed by atoms with van der Waals surface area (Å²) in [7, 11) is 3.65. The second kappa shape index (κ2) is 7.14. The number of benzene rings is 2. The first-order valence-electron chi connectivity index (χ1n) is 6.52. The molecule has 0 aliphatic rings. The molecule has 2 aromatic carbocycles. The molecule has 120 valence electrons. The van der Waals surface area contributed by atoms with Crippen LogP contribution in [-0.4, -0.2) is 24.9 Å². The van der Waals surface area contributed by atoms with Crippen LogP contribution < -0.4 is 10.2 Å². The number of halogens is 2. The maximum absolute atomic E-state index is 12.5. The van der Waals surface area contributed by atoms with E-state index in [0.29, 0.717) is 25.5 Å². The van der Waals surface area contributed by atoms with Gasteiger partial charge in [-0.2, -0.15) is 0 Å². The van der Waals surface area contributed by atoms with E-state index in [4.69, 9.17) is 11.6 Å².